The smallest absolute Gasteiger partial charge is 0.187 e. The van der Waals surface area contributed by atoms with Crippen molar-refractivity contribution in [2.24, 2.45) is 0 Å². The van der Waals surface area contributed by atoms with Gasteiger partial charge in [0.15, 0.2) is 5.78 Å². The summed E-state index contributed by atoms with van der Waals surface area (Å²) >= 11 is 13.0. The van der Waals surface area contributed by atoms with Gasteiger partial charge in [0.25, 0.3) is 0 Å². The summed E-state index contributed by atoms with van der Waals surface area (Å²) in [7, 11) is 1.50. The Morgan fingerprint density at radius 2 is 2.10 bits per heavy atom. The zero-order valence-electron chi connectivity index (χ0n) is 11.3. The van der Waals surface area contributed by atoms with Gasteiger partial charge in [0, 0.05) is 5.56 Å². The minimum atomic E-state index is -0.983. The van der Waals surface area contributed by atoms with Gasteiger partial charge in [0.1, 0.15) is 16.0 Å². The van der Waals surface area contributed by atoms with Gasteiger partial charge in [0.2, 0.25) is 0 Å². The van der Waals surface area contributed by atoms with E-state index in [1.54, 1.807) is 12.1 Å². The lowest BCUT2D eigenvalue weighted by atomic mass is 9.91. The van der Waals surface area contributed by atoms with E-state index in [-0.39, 0.29) is 15.7 Å². The Labute approximate surface area is 136 Å². The second-order valence-corrected chi connectivity index (χ2v) is 6.70. The Kier molecular flexibility index (Phi) is 4.89. The number of nitriles is 1. The molecule has 108 valence electrons. The number of halogens is 2. The second-order valence-electron chi connectivity index (χ2n) is 4.41. The molecule has 0 aliphatic rings. The first-order chi connectivity index (χ1) is 9.97. The van der Waals surface area contributed by atoms with Crippen molar-refractivity contribution in [2.45, 2.75) is 12.8 Å². The number of hydrogen-bond donors (Lipinski definition) is 0. The molecule has 1 unspecified atom stereocenters. The summed E-state index contributed by atoms with van der Waals surface area (Å²) in [6.07, 6.45) is 0. The van der Waals surface area contributed by atoms with Crippen LogP contribution in [0.3, 0.4) is 0 Å². The molecule has 0 bridgehead atoms. The van der Waals surface area contributed by atoms with Gasteiger partial charge < -0.3 is 4.74 Å². The highest BCUT2D eigenvalue weighted by molar-refractivity contribution is 7.20. The third-order valence-corrected chi connectivity index (χ3v) is 4.50. The maximum absolute atomic E-state index is 12.6. The highest BCUT2D eigenvalue weighted by Gasteiger charge is 2.27. The van der Waals surface area contributed by atoms with Crippen molar-refractivity contribution >= 4 is 40.3 Å². The molecule has 1 aromatic heterocycles. The number of rotatable bonds is 4. The van der Waals surface area contributed by atoms with Gasteiger partial charge >= 0.3 is 0 Å². The Morgan fingerprint density at radius 1 is 1.38 bits per heavy atom. The van der Waals surface area contributed by atoms with E-state index >= 15 is 0 Å². The van der Waals surface area contributed by atoms with Crippen molar-refractivity contribution < 1.29 is 9.53 Å². The topological polar surface area (TPSA) is 50.1 Å². The molecule has 0 aliphatic heterocycles. The SMILES string of the molecule is COc1ccc(C)cc1C(C#N)C(=O)c1cc(Cl)sc1Cl. The van der Waals surface area contributed by atoms with Crippen LogP contribution in [0.25, 0.3) is 0 Å². The molecule has 1 atom stereocenters. The van der Waals surface area contributed by atoms with Crippen molar-refractivity contribution in [3.05, 3.63) is 49.6 Å². The number of nitrogens with zero attached hydrogens (tertiary/aromatic N) is 1. The van der Waals surface area contributed by atoms with E-state index in [2.05, 4.69) is 0 Å². The Bertz CT molecular complexity index is 734. The van der Waals surface area contributed by atoms with Crippen molar-refractivity contribution in [2.75, 3.05) is 7.11 Å². The fourth-order valence-electron chi connectivity index (χ4n) is 2.01. The molecule has 0 aliphatic carbocycles. The number of carbonyl (C=O) groups excluding carboxylic acids is 1. The number of Topliss-reactive ketones (excluding diaryl/α,β-unsaturated/α-hetero) is 1. The minimum absolute atomic E-state index is 0.266. The lowest BCUT2D eigenvalue weighted by Crippen LogP contribution is -2.12. The summed E-state index contributed by atoms with van der Waals surface area (Å²) in [6, 6.07) is 8.89. The van der Waals surface area contributed by atoms with Gasteiger partial charge in [-0.15, -0.1) is 11.3 Å². The molecule has 0 amide bonds. The highest BCUT2D eigenvalue weighted by atomic mass is 35.5. The summed E-state index contributed by atoms with van der Waals surface area (Å²) in [5.41, 5.74) is 1.73. The van der Waals surface area contributed by atoms with Crippen LogP contribution in [-0.4, -0.2) is 12.9 Å². The zero-order chi connectivity index (χ0) is 15.6. The quantitative estimate of drug-likeness (QED) is 0.747. The van der Waals surface area contributed by atoms with Gasteiger partial charge in [-0.3, -0.25) is 4.79 Å². The number of benzene rings is 1. The average molecular weight is 340 g/mol. The summed E-state index contributed by atoms with van der Waals surface area (Å²) in [5.74, 6) is -0.865. The number of carbonyl (C=O) groups is 1. The van der Waals surface area contributed by atoms with Crippen molar-refractivity contribution in [1.82, 2.24) is 0 Å². The minimum Gasteiger partial charge on any atom is -0.496 e. The molecule has 0 spiro atoms. The van der Waals surface area contributed by atoms with E-state index in [9.17, 15) is 10.1 Å². The summed E-state index contributed by atoms with van der Waals surface area (Å²) in [4.78, 5) is 12.6. The number of hydrogen-bond acceptors (Lipinski definition) is 4. The summed E-state index contributed by atoms with van der Waals surface area (Å²) in [5, 5.41) is 9.42. The molecule has 1 heterocycles. The van der Waals surface area contributed by atoms with Gasteiger partial charge in [-0.2, -0.15) is 5.26 Å². The molecular formula is C15H11Cl2NO2S. The molecule has 6 heteroatoms. The number of thiophene rings is 1. The van der Waals surface area contributed by atoms with Crippen LogP contribution >= 0.6 is 34.5 Å². The van der Waals surface area contributed by atoms with Crippen LogP contribution in [0.2, 0.25) is 8.67 Å². The van der Waals surface area contributed by atoms with Gasteiger partial charge in [0.05, 0.1) is 23.1 Å². The highest BCUT2D eigenvalue weighted by Crippen LogP contribution is 2.36. The van der Waals surface area contributed by atoms with Crippen LogP contribution in [0.4, 0.5) is 0 Å². The number of ether oxygens (including phenoxy) is 1. The van der Waals surface area contributed by atoms with Crippen LogP contribution < -0.4 is 4.74 Å². The van der Waals surface area contributed by atoms with Crippen molar-refractivity contribution in [1.29, 1.82) is 5.26 Å². The maximum atomic E-state index is 12.6. The van der Waals surface area contributed by atoms with Crippen LogP contribution in [-0.2, 0) is 0 Å². The van der Waals surface area contributed by atoms with Crippen molar-refractivity contribution in [3.8, 4) is 11.8 Å². The summed E-state index contributed by atoms with van der Waals surface area (Å²) < 4.78 is 5.95. The molecule has 0 radical (unpaired) electrons. The third kappa shape index (κ3) is 3.21. The Morgan fingerprint density at radius 3 is 2.62 bits per heavy atom. The molecule has 0 N–H and O–H groups in total. The number of methoxy groups -OCH3 is 1. The molecule has 0 fully saturated rings. The lowest BCUT2D eigenvalue weighted by Gasteiger charge is -2.13. The maximum Gasteiger partial charge on any atom is 0.187 e. The predicted molar refractivity (Wildman–Crippen MR) is 84.8 cm³/mol. The average Bonchev–Trinajstić information content (AvgIpc) is 2.78. The Balaban J connectivity index is 2.50. The first kappa shape index (κ1) is 15.8. The van der Waals surface area contributed by atoms with E-state index in [4.69, 9.17) is 27.9 Å². The van der Waals surface area contributed by atoms with Crippen molar-refractivity contribution in [3.63, 3.8) is 0 Å². The predicted octanol–water partition coefficient (Wildman–Crippen LogP) is 4.86. The van der Waals surface area contributed by atoms with E-state index in [1.807, 2.05) is 19.1 Å². The number of aryl methyl sites for hydroxylation is 1. The standard InChI is InChI=1S/C15H11Cl2NO2S/c1-8-3-4-12(20-2)9(5-8)11(7-18)14(19)10-6-13(16)21-15(10)17/h3-6,11H,1-2H3. The van der Waals surface area contributed by atoms with Gasteiger partial charge in [-0.1, -0.05) is 40.9 Å². The van der Waals surface area contributed by atoms with Crippen LogP contribution in [0, 0.1) is 18.3 Å². The normalized spacial score (nSPS) is 11.8. The Hall–Kier alpha value is -1.54. The second kappa shape index (κ2) is 6.48. The number of ketones is 1. The van der Waals surface area contributed by atoms with Crippen LogP contribution in [0.15, 0.2) is 24.3 Å². The fourth-order valence-corrected chi connectivity index (χ4v) is 3.49. The van der Waals surface area contributed by atoms with Crippen LogP contribution in [0.5, 0.6) is 5.75 Å². The molecule has 2 aromatic rings. The largest absolute Gasteiger partial charge is 0.496 e. The zero-order valence-corrected chi connectivity index (χ0v) is 13.6. The lowest BCUT2D eigenvalue weighted by molar-refractivity contribution is 0.0978. The van der Waals surface area contributed by atoms with E-state index in [0.29, 0.717) is 15.6 Å². The van der Waals surface area contributed by atoms with E-state index in [0.717, 1.165) is 16.9 Å². The molecular weight excluding hydrogens is 329 g/mol. The van der Waals surface area contributed by atoms with Gasteiger partial charge in [-0.25, -0.2) is 0 Å². The van der Waals surface area contributed by atoms with Gasteiger partial charge in [-0.05, 0) is 19.1 Å². The molecule has 0 saturated heterocycles. The van der Waals surface area contributed by atoms with E-state index < -0.39 is 5.92 Å². The third-order valence-electron chi connectivity index (χ3n) is 3.01. The summed E-state index contributed by atoms with van der Waals surface area (Å²) in [6.45, 7) is 1.89. The molecule has 1 aromatic carbocycles. The molecule has 3 nitrogen and oxygen atoms in total. The van der Waals surface area contributed by atoms with E-state index in [1.165, 1.54) is 13.2 Å². The first-order valence-corrected chi connectivity index (χ1v) is 7.58. The first-order valence-electron chi connectivity index (χ1n) is 6.01. The molecule has 21 heavy (non-hydrogen) atoms. The molecule has 0 saturated carbocycles. The van der Waals surface area contributed by atoms with Crippen LogP contribution in [0.1, 0.15) is 27.4 Å². The monoisotopic (exact) mass is 339 g/mol. The molecule has 2 rings (SSSR count). The fraction of sp³-hybridized carbons (Fsp3) is 0.200.